The maximum absolute atomic E-state index is 9.22. The Morgan fingerprint density at radius 1 is 1.33 bits per heavy atom. The minimum absolute atomic E-state index is 0.185. The maximum Gasteiger partial charge on any atom is 0.124 e. The fraction of sp³-hybridized carbons (Fsp3) is 0.600. The molecule has 0 amide bonds. The third-order valence-electron chi connectivity index (χ3n) is 3.01. The van der Waals surface area contributed by atoms with Crippen LogP contribution in [0.5, 0.6) is 5.75 Å². The molecule has 1 atom stereocenters. The molecule has 102 valence electrons. The minimum atomic E-state index is 0.185. The number of rotatable bonds is 7. The molecule has 0 aliphatic heterocycles. The van der Waals surface area contributed by atoms with Crippen LogP contribution in [0.2, 0.25) is 0 Å². The summed E-state index contributed by atoms with van der Waals surface area (Å²) in [5, 5.41) is 9.22. The van der Waals surface area contributed by atoms with E-state index in [9.17, 15) is 5.11 Å². The number of hydrogen-bond acceptors (Lipinski definition) is 3. The third-order valence-corrected chi connectivity index (χ3v) is 3.01. The van der Waals surface area contributed by atoms with Crippen LogP contribution in [0.1, 0.15) is 36.9 Å². The van der Waals surface area contributed by atoms with Crippen LogP contribution in [0, 0.1) is 6.92 Å². The zero-order chi connectivity index (χ0) is 13.5. The molecule has 0 saturated carbocycles. The lowest BCUT2D eigenvalue weighted by atomic mass is 10.00. The summed E-state index contributed by atoms with van der Waals surface area (Å²) in [7, 11) is 4.07. The number of aliphatic hydroxyl groups excluding tert-OH is 1. The summed E-state index contributed by atoms with van der Waals surface area (Å²) in [6.45, 7) is 5.10. The highest BCUT2D eigenvalue weighted by Crippen LogP contribution is 2.31. The van der Waals surface area contributed by atoms with E-state index < -0.39 is 0 Å². The Balaban J connectivity index is 3.04. The number of hydrogen-bond donors (Lipinski definition) is 1. The molecule has 3 heteroatoms. The van der Waals surface area contributed by atoms with Crippen molar-refractivity contribution in [2.24, 2.45) is 0 Å². The number of nitrogens with zero attached hydrogens (tertiary/aromatic N) is 1. The van der Waals surface area contributed by atoms with E-state index in [4.69, 9.17) is 4.74 Å². The topological polar surface area (TPSA) is 32.7 Å². The monoisotopic (exact) mass is 251 g/mol. The van der Waals surface area contributed by atoms with Gasteiger partial charge in [0.05, 0.1) is 6.61 Å². The van der Waals surface area contributed by atoms with Gasteiger partial charge in [-0.15, -0.1) is 0 Å². The van der Waals surface area contributed by atoms with Gasteiger partial charge in [0.2, 0.25) is 0 Å². The van der Waals surface area contributed by atoms with E-state index in [1.54, 1.807) is 0 Å². The zero-order valence-corrected chi connectivity index (χ0v) is 11.9. The first-order valence-corrected chi connectivity index (χ1v) is 6.60. The average Bonchev–Trinajstić information content (AvgIpc) is 2.34. The van der Waals surface area contributed by atoms with Crippen LogP contribution in [-0.2, 0) is 0 Å². The van der Waals surface area contributed by atoms with Gasteiger partial charge in [-0.25, -0.2) is 0 Å². The van der Waals surface area contributed by atoms with Crippen molar-refractivity contribution in [3.63, 3.8) is 0 Å². The lowest BCUT2D eigenvalue weighted by Gasteiger charge is -2.26. The molecule has 0 saturated heterocycles. The Morgan fingerprint density at radius 3 is 2.61 bits per heavy atom. The summed E-state index contributed by atoms with van der Waals surface area (Å²) in [5.41, 5.74) is 2.39. The molecule has 0 bridgehead atoms. The van der Waals surface area contributed by atoms with Gasteiger partial charge in [-0.05, 0) is 39.9 Å². The lowest BCUT2D eigenvalue weighted by Crippen LogP contribution is -2.22. The van der Waals surface area contributed by atoms with Gasteiger partial charge in [0.15, 0.2) is 0 Å². The second-order valence-corrected chi connectivity index (χ2v) is 4.88. The van der Waals surface area contributed by atoms with Gasteiger partial charge in [-0.3, -0.25) is 0 Å². The van der Waals surface area contributed by atoms with E-state index in [1.807, 2.05) is 20.2 Å². The molecule has 0 radical (unpaired) electrons. The molecule has 1 unspecified atom stereocenters. The van der Waals surface area contributed by atoms with E-state index in [0.29, 0.717) is 0 Å². The summed E-state index contributed by atoms with van der Waals surface area (Å²) in [6.07, 6.45) is 1.72. The molecular formula is C15H25NO2. The molecule has 0 aromatic heterocycles. The predicted octanol–water partition coefficient (Wildman–Crippen LogP) is 2.77. The van der Waals surface area contributed by atoms with Crippen molar-refractivity contribution >= 4 is 0 Å². The van der Waals surface area contributed by atoms with Crippen molar-refractivity contribution < 1.29 is 9.84 Å². The zero-order valence-electron chi connectivity index (χ0n) is 11.9. The molecule has 0 fully saturated rings. The molecule has 1 aromatic rings. The molecule has 0 heterocycles. The Hall–Kier alpha value is -1.06. The predicted molar refractivity (Wildman–Crippen MR) is 75.1 cm³/mol. The molecule has 18 heavy (non-hydrogen) atoms. The number of aliphatic hydroxyl groups is 1. The van der Waals surface area contributed by atoms with Gasteiger partial charge >= 0.3 is 0 Å². The normalized spacial score (nSPS) is 12.8. The molecule has 3 nitrogen and oxygen atoms in total. The summed E-state index contributed by atoms with van der Waals surface area (Å²) < 4.78 is 5.81. The van der Waals surface area contributed by atoms with Gasteiger partial charge in [0, 0.05) is 18.2 Å². The van der Waals surface area contributed by atoms with Crippen molar-refractivity contribution in [3.8, 4) is 5.75 Å². The molecule has 1 N–H and O–H groups in total. The van der Waals surface area contributed by atoms with Gasteiger partial charge in [0.1, 0.15) is 5.75 Å². The van der Waals surface area contributed by atoms with Gasteiger partial charge in [-0.1, -0.05) is 24.6 Å². The maximum atomic E-state index is 9.22. The first-order valence-electron chi connectivity index (χ1n) is 6.60. The van der Waals surface area contributed by atoms with E-state index in [-0.39, 0.29) is 12.6 Å². The van der Waals surface area contributed by atoms with Crippen LogP contribution >= 0.6 is 0 Å². The highest BCUT2D eigenvalue weighted by molar-refractivity contribution is 5.39. The van der Waals surface area contributed by atoms with Crippen molar-refractivity contribution in [2.45, 2.75) is 32.7 Å². The van der Waals surface area contributed by atoms with Gasteiger partial charge < -0.3 is 14.7 Å². The highest BCUT2D eigenvalue weighted by Gasteiger charge is 2.18. The summed E-state index contributed by atoms with van der Waals surface area (Å²) in [6, 6.07) is 6.46. The van der Waals surface area contributed by atoms with Crippen LogP contribution in [0.15, 0.2) is 18.2 Å². The van der Waals surface area contributed by atoms with Crippen LogP contribution in [0.3, 0.4) is 0 Å². The molecule has 1 rings (SSSR count). The fourth-order valence-electron chi connectivity index (χ4n) is 2.09. The lowest BCUT2D eigenvalue weighted by molar-refractivity contribution is 0.205. The quantitative estimate of drug-likeness (QED) is 0.809. The van der Waals surface area contributed by atoms with E-state index in [1.165, 1.54) is 11.1 Å². The van der Waals surface area contributed by atoms with Crippen LogP contribution < -0.4 is 4.74 Å². The Bertz CT molecular complexity index is 364. The second-order valence-electron chi connectivity index (χ2n) is 4.88. The standard InChI is InChI=1S/C15H25NO2/c1-5-10-18-15-7-6-12(2)11-13(15)14(8-9-17)16(3)4/h6-7,11,14,17H,5,8-10H2,1-4H3. The van der Waals surface area contributed by atoms with Crippen molar-refractivity contribution in [1.29, 1.82) is 0 Å². The summed E-state index contributed by atoms with van der Waals surface area (Å²) >= 11 is 0. The largest absolute Gasteiger partial charge is 0.493 e. The molecule has 0 spiro atoms. The van der Waals surface area contributed by atoms with Crippen LogP contribution in [0.4, 0.5) is 0 Å². The Labute approximate surface area is 110 Å². The first kappa shape index (κ1) is 15.0. The highest BCUT2D eigenvalue weighted by atomic mass is 16.5. The number of ether oxygens (including phenoxy) is 1. The Morgan fingerprint density at radius 2 is 2.06 bits per heavy atom. The minimum Gasteiger partial charge on any atom is -0.493 e. The molecule has 1 aromatic carbocycles. The van der Waals surface area contributed by atoms with Crippen molar-refractivity contribution in [3.05, 3.63) is 29.3 Å². The smallest absolute Gasteiger partial charge is 0.124 e. The van der Waals surface area contributed by atoms with E-state index in [2.05, 4.69) is 30.9 Å². The average molecular weight is 251 g/mol. The number of aryl methyl sites for hydroxylation is 1. The van der Waals surface area contributed by atoms with Crippen LogP contribution in [0.25, 0.3) is 0 Å². The number of benzene rings is 1. The Kier molecular flexibility index (Phi) is 6.16. The van der Waals surface area contributed by atoms with E-state index in [0.717, 1.165) is 25.2 Å². The summed E-state index contributed by atoms with van der Waals surface area (Å²) in [4.78, 5) is 2.13. The van der Waals surface area contributed by atoms with Gasteiger partial charge in [-0.2, -0.15) is 0 Å². The van der Waals surface area contributed by atoms with Crippen molar-refractivity contribution in [2.75, 3.05) is 27.3 Å². The second kappa shape index (κ2) is 7.39. The van der Waals surface area contributed by atoms with Crippen LogP contribution in [-0.4, -0.2) is 37.3 Å². The first-order chi connectivity index (χ1) is 8.60. The SMILES string of the molecule is CCCOc1ccc(C)cc1C(CCO)N(C)C. The fourth-order valence-corrected chi connectivity index (χ4v) is 2.09. The summed E-state index contributed by atoms with van der Waals surface area (Å²) in [5.74, 6) is 0.939. The molecular weight excluding hydrogens is 226 g/mol. The van der Waals surface area contributed by atoms with Gasteiger partial charge in [0.25, 0.3) is 0 Å². The van der Waals surface area contributed by atoms with Crippen molar-refractivity contribution in [1.82, 2.24) is 4.90 Å². The van der Waals surface area contributed by atoms with E-state index >= 15 is 0 Å². The molecule has 0 aliphatic rings. The third kappa shape index (κ3) is 4.00. The molecule has 0 aliphatic carbocycles.